The first-order valence-corrected chi connectivity index (χ1v) is 7.71. The average molecular weight is 341 g/mol. The lowest BCUT2D eigenvalue weighted by Crippen LogP contribution is -2.36. The Morgan fingerprint density at radius 1 is 1.29 bits per heavy atom. The highest BCUT2D eigenvalue weighted by Crippen LogP contribution is 2.31. The van der Waals surface area contributed by atoms with Crippen molar-refractivity contribution in [2.24, 2.45) is 0 Å². The summed E-state index contributed by atoms with van der Waals surface area (Å²) in [4.78, 5) is 6.38. The van der Waals surface area contributed by atoms with E-state index in [1.165, 1.54) is 12.1 Å². The van der Waals surface area contributed by atoms with Gasteiger partial charge in [-0.3, -0.25) is 4.90 Å². The van der Waals surface area contributed by atoms with E-state index < -0.39 is 11.7 Å². The summed E-state index contributed by atoms with van der Waals surface area (Å²) in [7, 11) is 1.71. The molecule has 1 aliphatic rings. The average Bonchev–Trinajstić information content (AvgIpc) is 3.03. The minimum Gasteiger partial charge on any atom is -0.381 e. The Labute approximate surface area is 137 Å². The van der Waals surface area contributed by atoms with Gasteiger partial charge in [-0.2, -0.15) is 18.2 Å². The molecule has 0 atom stereocenters. The summed E-state index contributed by atoms with van der Waals surface area (Å²) in [6.07, 6.45) is -2.24. The van der Waals surface area contributed by atoms with E-state index in [4.69, 9.17) is 9.26 Å². The van der Waals surface area contributed by atoms with Gasteiger partial charge in [-0.1, -0.05) is 17.3 Å². The molecule has 1 fully saturated rings. The van der Waals surface area contributed by atoms with Crippen molar-refractivity contribution in [2.45, 2.75) is 31.7 Å². The van der Waals surface area contributed by atoms with Crippen molar-refractivity contribution >= 4 is 0 Å². The molecule has 0 unspecified atom stereocenters. The molecular formula is C16H18F3N3O2. The third-order valence-electron chi connectivity index (χ3n) is 4.14. The van der Waals surface area contributed by atoms with Crippen LogP contribution in [0.4, 0.5) is 13.2 Å². The summed E-state index contributed by atoms with van der Waals surface area (Å²) in [5.41, 5.74) is -0.439. The van der Waals surface area contributed by atoms with Gasteiger partial charge in [0, 0.05) is 25.8 Å². The first kappa shape index (κ1) is 16.9. The molecule has 0 N–H and O–H groups in total. The Balaban J connectivity index is 1.68. The predicted molar refractivity (Wildman–Crippen MR) is 80.0 cm³/mol. The topological polar surface area (TPSA) is 51.4 Å². The normalized spacial score (nSPS) is 17.3. The highest BCUT2D eigenvalue weighted by Gasteiger charge is 2.30. The summed E-state index contributed by atoms with van der Waals surface area (Å²) in [6.45, 7) is 2.21. The van der Waals surface area contributed by atoms with E-state index in [-0.39, 0.29) is 17.5 Å². The summed E-state index contributed by atoms with van der Waals surface area (Å²) in [5.74, 6) is 0.571. The summed E-state index contributed by atoms with van der Waals surface area (Å²) < 4.78 is 48.8. The van der Waals surface area contributed by atoms with Gasteiger partial charge in [-0.05, 0) is 25.0 Å². The SMILES string of the molecule is COC1CCN(Cc2nc(-c3cccc(C(F)(F)F)c3)no2)CC1. The summed E-state index contributed by atoms with van der Waals surface area (Å²) in [5, 5.41) is 3.80. The van der Waals surface area contributed by atoms with Crippen LogP contribution in [0.3, 0.4) is 0 Å². The van der Waals surface area contributed by atoms with E-state index in [2.05, 4.69) is 15.0 Å². The Kier molecular flexibility index (Phi) is 4.86. The molecule has 1 aliphatic heterocycles. The van der Waals surface area contributed by atoms with Crippen molar-refractivity contribution in [1.29, 1.82) is 0 Å². The lowest BCUT2D eigenvalue weighted by atomic mass is 10.1. The molecule has 130 valence electrons. The number of halogens is 3. The second-order valence-electron chi connectivity index (χ2n) is 5.80. The van der Waals surface area contributed by atoms with Crippen molar-refractivity contribution in [2.75, 3.05) is 20.2 Å². The second-order valence-corrected chi connectivity index (χ2v) is 5.80. The molecule has 2 aromatic rings. The van der Waals surface area contributed by atoms with Gasteiger partial charge in [0.15, 0.2) is 0 Å². The fourth-order valence-corrected chi connectivity index (χ4v) is 2.77. The van der Waals surface area contributed by atoms with Crippen LogP contribution in [0, 0.1) is 0 Å². The van der Waals surface area contributed by atoms with Crippen LogP contribution in [0.15, 0.2) is 28.8 Å². The van der Waals surface area contributed by atoms with Gasteiger partial charge >= 0.3 is 6.18 Å². The monoisotopic (exact) mass is 341 g/mol. The van der Waals surface area contributed by atoms with E-state index in [0.717, 1.165) is 38.1 Å². The van der Waals surface area contributed by atoms with E-state index in [1.54, 1.807) is 7.11 Å². The fraction of sp³-hybridized carbons (Fsp3) is 0.500. The quantitative estimate of drug-likeness (QED) is 0.853. The summed E-state index contributed by atoms with van der Waals surface area (Å²) in [6, 6.07) is 4.92. The molecule has 3 rings (SSSR count). The van der Waals surface area contributed by atoms with Crippen molar-refractivity contribution < 1.29 is 22.4 Å². The first-order valence-electron chi connectivity index (χ1n) is 7.71. The molecule has 0 bridgehead atoms. The lowest BCUT2D eigenvalue weighted by Gasteiger charge is -2.29. The molecule has 2 heterocycles. The number of methoxy groups -OCH3 is 1. The highest BCUT2D eigenvalue weighted by atomic mass is 19.4. The van der Waals surface area contributed by atoms with E-state index in [9.17, 15) is 13.2 Å². The van der Waals surface area contributed by atoms with Crippen LogP contribution in [-0.2, 0) is 17.5 Å². The van der Waals surface area contributed by atoms with Gasteiger partial charge in [0.1, 0.15) is 0 Å². The van der Waals surface area contributed by atoms with Crippen LogP contribution in [0.5, 0.6) is 0 Å². The third-order valence-corrected chi connectivity index (χ3v) is 4.14. The number of ether oxygens (including phenoxy) is 1. The zero-order valence-corrected chi connectivity index (χ0v) is 13.2. The van der Waals surface area contributed by atoms with Gasteiger partial charge in [-0.25, -0.2) is 0 Å². The maximum atomic E-state index is 12.8. The number of rotatable bonds is 4. The molecule has 24 heavy (non-hydrogen) atoms. The Morgan fingerprint density at radius 2 is 2.04 bits per heavy atom. The van der Waals surface area contributed by atoms with Crippen LogP contribution in [-0.4, -0.2) is 41.3 Å². The number of piperidine rings is 1. The minimum absolute atomic E-state index is 0.169. The molecule has 0 spiro atoms. The standard InChI is InChI=1S/C16H18F3N3O2/c1-23-13-5-7-22(8-6-13)10-14-20-15(21-24-14)11-3-2-4-12(9-11)16(17,18)19/h2-4,9,13H,5-8,10H2,1H3. The molecule has 0 amide bonds. The van der Waals surface area contributed by atoms with Gasteiger partial charge in [0.05, 0.1) is 18.2 Å². The van der Waals surface area contributed by atoms with Crippen molar-refractivity contribution in [3.05, 3.63) is 35.7 Å². The van der Waals surface area contributed by atoms with E-state index in [1.807, 2.05) is 0 Å². The molecule has 8 heteroatoms. The van der Waals surface area contributed by atoms with Crippen LogP contribution < -0.4 is 0 Å². The third kappa shape index (κ3) is 3.93. The molecule has 1 aromatic carbocycles. The molecule has 1 saturated heterocycles. The van der Waals surface area contributed by atoms with Crippen LogP contribution >= 0.6 is 0 Å². The molecule has 5 nitrogen and oxygen atoms in total. The zero-order chi connectivity index (χ0) is 17.2. The first-order chi connectivity index (χ1) is 11.5. The second kappa shape index (κ2) is 6.90. The van der Waals surface area contributed by atoms with Gasteiger partial charge in [-0.15, -0.1) is 0 Å². The Bertz CT molecular complexity index is 679. The number of benzene rings is 1. The zero-order valence-electron chi connectivity index (χ0n) is 13.2. The maximum Gasteiger partial charge on any atom is 0.416 e. The van der Waals surface area contributed by atoms with Crippen LogP contribution in [0.1, 0.15) is 24.3 Å². The number of aromatic nitrogens is 2. The molecular weight excluding hydrogens is 323 g/mol. The predicted octanol–water partition coefficient (Wildman–Crippen LogP) is 3.37. The summed E-state index contributed by atoms with van der Waals surface area (Å²) >= 11 is 0. The maximum absolute atomic E-state index is 12.8. The van der Waals surface area contributed by atoms with Crippen molar-refractivity contribution in [3.8, 4) is 11.4 Å². The van der Waals surface area contributed by atoms with Gasteiger partial charge in [0.2, 0.25) is 11.7 Å². The molecule has 0 radical (unpaired) electrons. The lowest BCUT2D eigenvalue weighted by molar-refractivity contribution is -0.137. The van der Waals surface area contributed by atoms with Crippen LogP contribution in [0.2, 0.25) is 0 Å². The minimum atomic E-state index is -4.39. The number of likely N-dealkylation sites (tertiary alicyclic amines) is 1. The van der Waals surface area contributed by atoms with Crippen molar-refractivity contribution in [3.63, 3.8) is 0 Å². The molecule has 0 saturated carbocycles. The molecule has 1 aromatic heterocycles. The van der Waals surface area contributed by atoms with Gasteiger partial charge < -0.3 is 9.26 Å². The number of hydrogen-bond acceptors (Lipinski definition) is 5. The smallest absolute Gasteiger partial charge is 0.381 e. The van der Waals surface area contributed by atoms with E-state index in [0.29, 0.717) is 12.4 Å². The molecule has 0 aliphatic carbocycles. The van der Waals surface area contributed by atoms with E-state index >= 15 is 0 Å². The number of nitrogens with zero attached hydrogens (tertiary/aromatic N) is 3. The van der Waals surface area contributed by atoms with Crippen LogP contribution in [0.25, 0.3) is 11.4 Å². The number of alkyl halides is 3. The highest BCUT2D eigenvalue weighted by molar-refractivity contribution is 5.55. The number of hydrogen-bond donors (Lipinski definition) is 0. The van der Waals surface area contributed by atoms with Gasteiger partial charge in [0.25, 0.3) is 0 Å². The Morgan fingerprint density at radius 3 is 2.71 bits per heavy atom. The largest absolute Gasteiger partial charge is 0.416 e. The van der Waals surface area contributed by atoms with Crippen molar-refractivity contribution in [1.82, 2.24) is 15.0 Å². The Hall–Kier alpha value is -1.93. The fourth-order valence-electron chi connectivity index (χ4n) is 2.77.